The maximum Gasteiger partial charge on any atom is 0.0646 e. The van der Waals surface area contributed by atoms with Gasteiger partial charge in [0.15, 0.2) is 0 Å². The van der Waals surface area contributed by atoms with E-state index in [0.717, 1.165) is 48.6 Å². The summed E-state index contributed by atoms with van der Waals surface area (Å²) in [7, 11) is 0. The molecular weight excluding hydrogens is 286 g/mol. The molecule has 0 radical (unpaired) electrons. The van der Waals surface area contributed by atoms with Crippen LogP contribution in [0.3, 0.4) is 0 Å². The Balaban J connectivity index is 1.54. The topological polar surface area (TPSA) is 50.1 Å². The minimum atomic E-state index is -0.130. The van der Waals surface area contributed by atoms with Crippen LogP contribution in [0, 0.1) is 5.92 Å². The van der Waals surface area contributed by atoms with Crippen molar-refractivity contribution in [3.05, 3.63) is 47.2 Å². The van der Waals surface area contributed by atoms with Crippen molar-refractivity contribution in [2.75, 3.05) is 6.54 Å². The van der Waals surface area contributed by atoms with E-state index >= 15 is 0 Å². The molecule has 1 aromatic carbocycles. The summed E-state index contributed by atoms with van der Waals surface area (Å²) in [6.07, 6.45) is 6.96. The first-order valence-electron chi connectivity index (χ1n) is 7.40. The second kappa shape index (κ2) is 6.60. The third-order valence-corrected chi connectivity index (χ3v) is 4.33. The number of rotatable bonds is 5. The standard InChI is InChI=1S/C16H20ClN3O/c17-14-4-6-15(7-5-14)20-11-12(9-19-20)8-18-10-13-2-1-3-16(13)21/h4-7,9,11,13,16,18,21H,1-3,8,10H2. The van der Waals surface area contributed by atoms with Crippen molar-refractivity contribution in [3.63, 3.8) is 0 Å². The normalized spacial score (nSPS) is 21.8. The lowest BCUT2D eigenvalue weighted by molar-refractivity contribution is 0.131. The molecule has 2 unspecified atom stereocenters. The van der Waals surface area contributed by atoms with Crippen molar-refractivity contribution in [1.29, 1.82) is 0 Å². The monoisotopic (exact) mass is 305 g/mol. The highest BCUT2D eigenvalue weighted by atomic mass is 35.5. The van der Waals surface area contributed by atoms with Gasteiger partial charge in [0.05, 0.1) is 18.0 Å². The van der Waals surface area contributed by atoms with E-state index in [2.05, 4.69) is 10.4 Å². The fourth-order valence-electron chi connectivity index (χ4n) is 2.84. The van der Waals surface area contributed by atoms with E-state index in [1.165, 1.54) is 0 Å². The van der Waals surface area contributed by atoms with Crippen LogP contribution in [0.4, 0.5) is 0 Å². The Hall–Kier alpha value is -1.36. The van der Waals surface area contributed by atoms with E-state index < -0.39 is 0 Å². The first kappa shape index (κ1) is 14.6. The van der Waals surface area contributed by atoms with Gasteiger partial charge in [-0.3, -0.25) is 0 Å². The molecule has 0 bridgehead atoms. The molecule has 2 N–H and O–H groups in total. The lowest BCUT2D eigenvalue weighted by atomic mass is 10.1. The van der Waals surface area contributed by atoms with Crippen molar-refractivity contribution in [2.24, 2.45) is 5.92 Å². The van der Waals surface area contributed by atoms with Crippen LogP contribution < -0.4 is 5.32 Å². The summed E-state index contributed by atoms with van der Waals surface area (Å²) in [5, 5.41) is 18.3. The highest BCUT2D eigenvalue weighted by Gasteiger charge is 2.24. The van der Waals surface area contributed by atoms with Crippen LogP contribution in [-0.2, 0) is 6.54 Å². The van der Waals surface area contributed by atoms with E-state index in [1.807, 2.05) is 41.3 Å². The first-order valence-corrected chi connectivity index (χ1v) is 7.78. The van der Waals surface area contributed by atoms with Gasteiger partial charge in [-0.15, -0.1) is 0 Å². The summed E-state index contributed by atoms with van der Waals surface area (Å²) < 4.78 is 1.84. The summed E-state index contributed by atoms with van der Waals surface area (Å²) in [5.74, 6) is 0.399. The fourth-order valence-corrected chi connectivity index (χ4v) is 2.97. The molecule has 2 atom stereocenters. The molecule has 3 rings (SSSR count). The van der Waals surface area contributed by atoms with E-state index in [0.29, 0.717) is 5.92 Å². The second-order valence-corrected chi connectivity index (χ2v) is 6.10. The SMILES string of the molecule is OC1CCCC1CNCc1cnn(-c2ccc(Cl)cc2)c1. The zero-order valence-electron chi connectivity index (χ0n) is 11.9. The summed E-state index contributed by atoms with van der Waals surface area (Å²) in [6, 6.07) is 7.61. The van der Waals surface area contributed by atoms with Crippen molar-refractivity contribution in [3.8, 4) is 5.69 Å². The summed E-state index contributed by atoms with van der Waals surface area (Å²) in [5.41, 5.74) is 2.13. The molecule has 1 aromatic heterocycles. The van der Waals surface area contributed by atoms with Crippen molar-refractivity contribution >= 4 is 11.6 Å². The zero-order chi connectivity index (χ0) is 14.7. The minimum Gasteiger partial charge on any atom is -0.393 e. The quantitative estimate of drug-likeness (QED) is 0.893. The van der Waals surface area contributed by atoms with Crippen LogP contribution in [0.25, 0.3) is 5.69 Å². The van der Waals surface area contributed by atoms with Crippen molar-refractivity contribution < 1.29 is 5.11 Å². The number of aliphatic hydroxyl groups excluding tert-OH is 1. The number of aromatic nitrogens is 2. The smallest absolute Gasteiger partial charge is 0.0646 e. The molecule has 0 aliphatic heterocycles. The number of aliphatic hydroxyl groups is 1. The lowest BCUT2D eigenvalue weighted by Crippen LogP contribution is -2.27. The van der Waals surface area contributed by atoms with Gasteiger partial charge in [0, 0.05) is 29.9 Å². The zero-order valence-corrected chi connectivity index (χ0v) is 12.6. The van der Waals surface area contributed by atoms with Crippen molar-refractivity contribution in [2.45, 2.75) is 31.9 Å². The lowest BCUT2D eigenvalue weighted by Gasteiger charge is -2.14. The molecule has 1 aliphatic rings. The summed E-state index contributed by atoms with van der Waals surface area (Å²) >= 11 is 5.89. The third kappa shape index (κ3) is 3.64. The van der Waals surface area contributed by atoms with Gasteiger partial charge in [0.2, 0.25) is 0 Å². The van der Waals surface area contributed by atoms with Crippen LogP contribution in [0.2, 0.25) is 5.02 Å². The van der Waals surface area contributed by atoms with Gasteiger partial charge < -0.3 is 10.4 Å². The molecule has 1 saturated carbocycles. The Kier molecular flexibility index (Phi) is 4.58. The number of halogens is 1. The molecule has 0 saturated heterocycles. The Labute approximate surface area is 129 Å². The molecule has 1 fully saturated rings. The summed E-state index contributed by atoms with van der Waals surface area (Å²) in [4.78, 5) is 0. The number of benzene rings is 1. The molecule has 0 amide bonds. The fraction of sp³-hybridized carbons (Fsp3) is 0.438. The minimum absolute atomic E-state index is 0.130. The van der Waals surface area contributed by atoms with Crippen LogP contribution in [0.1, 0.15) is 24.8 Å². The molecule has 2 aromatic rings. The third-order valence-electron chi connectivity index (χ3n) is 4.08. The molecule has 112 valence electrons. The predicted molar refractivity (Wildman–Crippen MR) is 83.6 cm³/mol. The van der Waals surface area contributed by atoms with Crippen LogP contribution in [0.5, 0.6) is 0 Å². The van der Waals surface area contributed by atoms with E-state index in [1.54, 1.807) is 0 Å². The first-order chi connectivity index (χ1) is 10.2. The highest BCUT2D eigenvalue weighted by Crippen LogP contribution is 2.24. The van der Waals surface area contributed by atoms with E-state index in [-0.39, 0.29) is 6.10 Å². The van der Waals surface area contributed by atoms with Gasteiger partial charge in [0.1, 0.15) is 0 Å². The van der Waals surface area contributed by atoms with Crippen LogP contribution in [0.15, 0.2) is 36.7 Å². The Bertz CT molecular complexity index is 581. The average molecular weight is 306 g/mol. The highest BCUT2D eigenvalue weighted by molar-refractivity contribution is 6.30. The Morgan fingerprint density at radius 3 is 2.81 bits per heavy atom. The van der Waals surface area contributed by atoms with Gasteiger partial charge in [0.25, 0.3) is 0 Å². The molecule has 1 aliphatic carbocycles. The Morgan fingerprint density at radius 2 is 2.10 bits per heavy atom. The summed E-state index contributed by atoms with van der Waals surface area (Å²) in [6.45, 7) is 1.64. The van der Waals surface area contributed by atoms with Crippen LogP contribution >= 0.6 is 11.6 Å². The molecule has 4 nitrogen and oxygen atoms in total. The predicted octanol–water partition coefficient (Wildman–Crippen LogP) is 2.78. The maximum absolute atomic E-state index is 9.79. The van der Waals surface area contributed by atoms with Gasteiger partial charge >= 0.3 is 0 Å². The number of nitrogens with zero attached hydrogens (tertiary/aromatic N) is 2. The molecule has 5 heteroatoms. The second-order valence-electron chi connectivity index (χ2n) is 5.66. The van der Waals surface area contributed by atoms with E-state index in [4.69, 9.17) is 11.6 Å². The van der Waals surface area contributed by atoms with Gasteiger partial charge in [-0.25, -0.2) is 4.68 Å². The molecular formula is C16H20ClN3O. The molecule has 0 spiro atoms. The van der Waals surface area contributed by atoms with Crippen LogP contribution in [-0.4, -0.2) is 27.5 Å². The molecule has 1 heterocycles. The van der Waals surface area contributed by atoms with Gasteiger partial charge in [-0.1, -0.05) is 18.0 Å². The van der Waals surface area contributed by atoms with Gasteiger partial charge in [-0.05, 0) is 43.0 Å². The van der Waals surface area contributed by atoms with Gasteiger partial charge in [-0.2, -0.15) is 5.10 Å². The largest absolute Gasteiger partial charge is 0.393 e. The number of hydrogen-bond acceptors (Lipinski definition) is 3. The number of nitrogens with one attached hydrogen (secondary N) is 1. The maximum atomic E-state index is 9.79. The van der Waals surface area contributed by atoms with E-state index in [9.17, 15) is 5.11 Å². The van der Waals surface area contributed by atoms with Crippen molar-refractivity contribution in [1.82, 2.24) is 15.1 Å². The average Bonchev–Trinajstić information content (AvgIpc) is 3.10. The Morgan fingerprint density at radius 1 is 1.29 bits per heavy atom. The number of hydrogen-bond donors (Lipinski definition) is 2. The molecule has 21 heavy (non-hydrogen) atoms.